The fourth-order valence-corrected chi connectivity index (χ4v) is 2.70. The molecule has 6 heteroatoms. The number of hydrogen-bond donors (Lipinski definition) is 2. The molecule has 0 aromatic heterocycles. The Morgan fingerprint density at radius 1 is 1.33 bits per heavy atom. The quantitative estimate of drug-likeness (QED) is 0.816. The largest absolute Gasteiger partial charge is 0.411 e. The van der Waals surface area contributed by atoms with Crippen molar-refractivity contribution in [2.24, 2.45) is 0 Å². The van der Waals surface area contributed by atoms with Crippen LogP contribution in [0.15, 0.2) is 0 Å². The van der Waals surface area contributed by atoms with Crippen LogP contribution in [0.4, 0.5) is 13.2 Å². The van der Waals surface area contributed by atoms with Crippen molar-refractivity contribution in [3.8, 4) is 0 Å². The highest BCUT2D eigenvalue weighted by Gasteiger charge is 2.65. The molecule has 0 spiro atoms. The maximum absolute atomic E-state index is 12.8. The van der Waals surface area contributed by atoms with E-state index in [0.29, 0.717) is 19.4 Å². The number of hydrogen-bond acceptors (Lipinski definition) is 2. The van der Waals surface area contributed by atoms with E-state index in [4.69, 9.17) is 0 Å². The molecule has 1 aliphatic carbocycles. The molecule has 2 aliphatic rings. The van der Waals surface area contributed by atoms with Gasteiger partial charge < -0.3 is 10.6 Å². The van der Waals surface area contributed by atoms with Crippen molar-refractivity contribution in [3.63, 3.8) is 0 Å². The van der Waals surface area contributed by atoms with Crippen LogP contribution in [0, 0.1) is 0 Å². The van der Waals surface area contributed by atoms with Gasteiger partial charge in [-0.3, -0.25) is 4.79 Å². The van der Waals surface area contributed by atoms with E-state index >= 15 is 0 Å². The minimum Gasteiger partial charge on any atom is -0.340 e. The van der Waals surface area contributed by atoms with Crippen LogP contribution in [-0.4, -0.2) is 29.7 Å². The average molecular weight is 264 g/mol. The van der Waals surface area contributed by atoms with E-state index in [1.165, 1.54) is 0 Å². The maximum Gasteiger partial charge on any atom is 0.411 e. The minimum atomic E-state index is -4.34. The Labute approximate surface area is 104 Å². The molecule has 0 bridgehead atoms. The second kappa shape index (κ2) is 4.40. The van der Waals surface area contributed by atoms with Gasteiger partial charge in [0.25, 0.3) is 0 Å². The van der Waals surface area contributed by atoms with Gasteiger partial charge >= 0.3 is 6.18 Å². The Morgan fingerprint density at radius 3 is 2.39 bits per heavy atom. The van der Waals surface area contributed by atoms with Gasteiger partial charge in [-0.1, -0.05) is 13.3 Å². The van der Waals surface area contributed by atoms with Gasteiger partial charge in [-0.25, -0.2) is 0 Å². The molecular formula is C12H19F3N2O. The second-order valence-electron chi connectivity index (χ2n) is 5.40. The molecule has 0 aromatic rings. The molecule has 1 unspecified atom stereocenters. The van der Waals surface area contributed by atoms with Crippen LogP contribution in [0.3, 0.4) is 0 Å². The summed E-state index contributed by atoms with van der Waals surface area (Å²) >= 11 is 0. The van der Waals surface area contributed by atoms with E-state index in [9.17, 15) is 18.0 Å². The zero-order valence-corrected chi connectivity index (χ0v) is 10.5. The van der Waals surface area contributed by atoms with Crippen LogP contribution in [-0.2, 0) is 4.79 Å². The maximum atomic E-state index is 12.8. The molecule has 1 saturated heterocycles. The Morgan fingerprint density at radius 2 is 2.00 bits per heavy atom. The molecule has 1 atom stereocenters. The highest BCUT2D eigenvalue weighted by atomic mass is 19.4. The molecule has 1 amide bonds. The van der Waals surface area contributed by atoms with Gasteiger partial charge in [0, 0.05) is 0 Å². The lowest BCUT2D eigenvalue weighted by Gasteiger charge is -2.31. The summed E-state index contributed by atoms with van der Waals surface area (Å²) in [6, 6.07) is 0. The van der Waals surface area contributed by atoms with Crippen molar-refractivity contribution in [2.45, 2.75) is 62.7 Å². The number of alkyl halides is 3. The summed E-state index contributed by atoms with van der Waals surface area (Å²) in [5.74, 6) is -0.475. The molecule has 18 heavy (non-hydrogen) atoms. The Bertz CT molecular complexity index is 331. The summed E-state index contributed by atoms with van der Waals surface area (Å²) in [7, 11) is 0. The van der Waals surface area contributed by atoms with Crippen molar-refractivity contribution < 1.29 is 18.0 Å². The number of rotatable bonds is 4. The zero-order valence-electron chi connectivity index (χ0n) is 10.5. The average Bonchev–Trinajstić information content (AvgIpc) is 2.90. The molecule has 3 nitrogen and oxygen atoms in total. The zero-order chi connectivity index (χ0) is 13.4. The van der Waals surface area contributed by atoms with E-state index in [1.54, 1.807) is 0 Å². The van der Waals surface area contributed by atoms with Crippen molar-refractivity contribution in [3.05, 3.63) is 0 Å². The lowest BCUT2D eigenvalue weighted by molar-refractivity contribution is -0.172. The van der Waals surface area contributed by atoms with E-state index in [0.717, 1.165) is 12.8 Å². The van der Waals surface area contributed by atoms with E-state index in [2.05, 4.69) is 10.6 Å². The first-order valence-electron chi connectivity index (χ1n) is 6.50. The lowest BCUT2D eigenvalue weighted by Crippen LogP contribution is -2.59. The van der Waals surface area contributed by atoms with Gasteiger partial charge in [-0.2, -0.15) is 13.2 Å². The summed E-state index contributed by atoms with van der Waals surface area (Å²) < 4.78 is 38.5. The Balaban J connectivity index is 2.07. The van der Waals surface area contributed by atoms with Gasteiger partial charge in [0.2, 0.25) is 5.91 Å². The number of nitrogens with one attached hydrogen (secondary N) is 2. The highest BCUT2D eigenvalue weighted by Crippen LogP contribution is 2.49. The van der Waals surface area contributed by atoms with Crippen LogP contribution in [0.25, 0.3) is 0 Å². The fraction of sp³-hybridized carbons (Fsp3) is 0.917. The summed E-state index contributed by atoms with van der Waals surface area (Å²) in [5.41, 5.74) is -2.73. The van der Waals surface area contributed by atoms with Crippen molar-refractivity contribution in [2.75, 3.05) is 6.54 Å². The number of halogens is 3. The predicted octanol–water partition coefficient (Wildman–Crippen LogP) is 2.12. The summed E-state index contributed by atoms with van der Waals surface area (Å²) in [5, 5.41) is 5.34. The molecule has 2 N–H and O–H groups in total. The van der Waals surface area contributed by atoms with Crippen LogP contribution >= 0.6 is 0 Å². The second-order valence-corrected chi connectivity index (χ2v) is 5.40. The lowest BCUT2D eigenvalue weighted by atomic mass is 9.90. The normalized spacial score (nSPS) is 30.2. The first-order chi connectivity index (χ1) is 8.35. The van der Waals surface area contributed by atoms with Crippen LogP contribution in [0.1, 0.15) is 45.4 Å². The third-order valence-electron chi connectivity index (χ3n) is 4.00. The topological polar surface area (TPSA) is 41.1 Å². The molecule has 104 valence electrons. The van der Waals surface area contributed by atoms with Gasteiger partial charge in [0.15, 0.2) is 0 Å². The van der Waals surface area contributed by atoms with Gasteiger partial charge in [-0.15, -0.1) is 0 Å². The predicted molar refractivity (Wildman–Crippen MR) is 61.0 cm³/mol. The summed E-state index contributed by atoms with van der Waals surface area (Å²) in [6.45, 7) is 2.64. The SMILES string of the molecule is CCCC1(C(=O)NC2(C(F)(F)F)CC2)CCCN1. The molecule has 1 aliphatic heterocycles. The van der Waals surface area contributed by atoms with Crippen LogP contribution in [0.5, 0.6) is 0 Å². The van der Waals surface area contributed by atoms with Crippen LogP contribution in [0.2, 0.25) is 0 Å². The summed E-state index contributed by atoms with van der Waals surface area (Å²) in [4.78, 5) is 12.2. The monoisotopic (exact) mass is 264 g/mol. The van der Waals surface area contributed by atoms with Gasteiger partial charge in [-0.05, 0) is 38.6 Å². The molecule has 0 radical (unpaired) electrons. The summed E-state index contributed by atoms with van der Waals surface area (Å²) in [6.07, 6.45) is -1.50. The van der Waals surface area contributed by atoms with Crippen molar-refractivity contribution in [1.29, 1.82) is 0 Å². The van der Waals surface area contributed by atoms with Gasteiger partial charge in [0.05, 0.1) is 5.54 Å². The molecular weight excluding hydrogens is 245 g/mol. The smallest absolute Gasteiger partial charge is 0.340 e. The first kappa shape index (κ1) is 13.6. The minimum absolute atomic E-state index is 0.00441. The molecule has 0 aromatic carbocycles. The van der Waals surface area contributed by atoms with E-state index in [-0.39, 0.29) is 12.8 Å². The molecule has 2 fully saturated rings. The van der Waals surface area contributed by atoms with E-state index < -0.39 is 23.2 Å². The van der Waals surface area contributed by atoms with Crippen molar-refractivity contribution in [1.82, 2.24) is 10.6 Å². The van der Waals surface area contributed by atoms with Gasteiger partial charge in [0.1, 0.15) is 5.54 Å². The third-order valence-corrected chi connectivity index (χ3v) is 4.00. The Hall–Kier alpha value is -0.780. The first-order valence-corrected chi connectivity index (χ1v) is 6.50. The highest BCUT2D eigenvalue weighted by molar-refractivity contribution is 5.87. The molecule has 1 heterocycles. The number of amides is 1. The van der Waals surface area contributed by atoms with E-state index in [1.807, 2.05) is 6.92 Å². The molecule has 2 rings (SSSR count). The standard InChI is InChI=1S/C12H19F3N2O/c1-2-4-10(5-3-8-16-10)9(18)17-11(6-7-11)12(13,14)15/h16H,2-8H2,1H3,(H,17,18). The van der Waals surface area contributed by atoms with Crippen LogP contribution < -0.4 is 10.6 Å². The fourth-order valence-electron chi connectivity index (χ4n) is 2.70. The number of carbonyl (C=O) groups excluding carboxylic acids is 1. The Kier molecular flexibility index (Phi) is 3.34. The third kappa shape index (κ3) is 2.22. The number of carbonyl (C=O) groups is 1. The molecule has 1 saturated carbocycles. The van der Waals surface area contributed by atoms with Crippen molar-refractivity contribution >= 4 is 5.91 Å².